The van der Waals surface area contributed by atoms with Crippen LogP contribution in [0.4, 0.5) is 4.39 Å². The zero-order chi connectivity index (χ0) is 8.15. The molecule has 0 amide bonds. The van der Waals surface area contributed by atoms with E-state index in [4.69, 9.17) is 15.9 Å². The second kappa shape index (κ2) is 4.19. The van der Waals surface area contributed by atoms with Crippen molar-refractivity contribution < 1.29 is 19.4 Å². The third kappa shape index (κ3) is 3.37. The summed E-state index contributed by atoms with van der Waals surface area (Å²) in [5, 5.41) is 16.3. The van der Waals surface area contributed by atoms with Gasteiger partial charge >= 0.3 is 5.97 Å². The van der Waals surface area contributed by atoms with Crippen molar-refractivity contribution >= 4 is 5.97 Å². The Morgan fingerprint density at radius 2 is 2.20 bits per heavy atom. The summed E-state index contributed by atoms with van der Waals surface area (Å²) in [7, 11) is 0. The Kier molecular flexibility index (Phi) is 3.90. The molecular weight excluding hydrogens is 141 g/mol. The molecule has 2 atom stereocenters. The molecule has 1 unspecified atom stereocenters. The summed E-state index contributed by atoms with van der Waals surface area (Å²) in [5.74, 6) is -1.25. The van der Waals surface area contributed by atoms with Crippen LogP contribution in [0.15, 0.2) is 0 Å². The minimum Gasteiger partial charge on any atom is -0.480 e. The third-order valence-corrected chi connectivity index (χ3v) is 1.02. The van der Waals surface area contributed by atoms with Gasteiger partial charge in [-0.05, 0) is 0 Å². The molecule has 0 bridgehead atoms. The van der Waals surface area contributed by atoms with Gasteiger partial charge in [-0.3, -0.25) is 4.79 Å². The highest BCUT2D eigenvalue weighted by Crippen LogP contribution is 1.99. The normalized spacial score (nSPS) is 16.3. The van der Waals surface area contributed by atoms with Crippen molar-refractivity contribution in [1.29, 1.82) is 0 Å². The van der Waals surface area contributed by atoms with Crippen molar-refractivity contribution in [3.63, 3.8) is 0 Å². The SMILES string of the molecule is N[C@@H](CC(F)CO)C(=O)O. The van der Waals surface area contributed by atoms with Gasteiger partial charge in [-0.25, -0.2) is 4.39 Å². The van der Waals surface area contributed by atoms with E-state index in [1.807, 2.05) is 0 Å². The van der Waals surface area contributed by atoms with Crippen molar-refractivity contribution in [3.8, 4) is 0 Å². The molecule has 0 aromatic rings. The molecule has 4 nitrogen and oxygen atoms in total. The standard InChI is InChI=1S/C5H10FNO3/c6-3(2-8)1-4(7)5(9)10/h3-4,8H,1-2,7H2,(H,9,10)/t3?,4-/m0/s1. The lowest BCUT2D eigenvalue weighted by molar-refractivity contribution is -0.139. The summed E-state index contributed by atoms with van der Waals surface area (Å²) in [5.41, 5.74) is 4.94. The lowest BCUT2D eigenvalue weighted by Gasteiger charge is -2.07. The fourth-order valence-electron chi connectivity index (χ4n) is 0.451. The van der Waals surface area contributed by atoms with E-state index in [2.05, 4.69) is 0 Å². The van der Waals surface area contributed by atoms with Crippen LogP contribution < -0.4 is 5.73 Å². The number of carboxylic acids is 1. The van der Waals surface area contributed by atoms with Gasteiger partial charge < -0.3 is 15.9 Å². The highest BCUT2D eigenvalue weighted by molar-refractivity contribution is 5.73. The van der Waals surface area contributed by atoms with Crippen molar-refractivity contribution in [2.24, 2.45) is 5.73 Å². The predicted molar refractivity (Wildman–Crippen MR) is 32.2 cm³/mol. The number of aliphatic carboxylic acids is 1. The first-order chi connectivity index (χ1) is 4.57. The second-order valence-electron chi connectivity index (χ2n) is 1.96. The number of alkyl halides is 1. The Hall–Kier alpha value is -0.680. The molecule has 0 aliphatic rings. The second-order valence-corrected chi connectivity index (χ2v) is 1.96. The van der Waals surface area contributed by atoms with Crippen LogP contribution in [0.25, 0.3) is 0 Å². The number of carbonyl (C=O) groups is 1. The number of rotatable bonds is 4. The van der Waals surface area contributed by atoms with E-state index < -0.39 is 24.8 Å². The van der Waals surface area contributed by atoms with E-state index in [0.29, 0.717) is 0 Å². The van der Waals surface area contributed by atoms with Gasteiger partial charge in [0, 0.05) is 6.42 Å². The van der Waals surface area contributed by atoms with Crippen LogP contribution in [0.3, 0.4) is 0 Å². The Bertz CT molecular complexity index is 119. The third-order valence-electron chi connectivity index (χ3n) is 1.02. The van der Waals surface area contributed by atoms with E-state index in [1.165, 1.54) is 0 Å². The van der Waals surface area contributed by atoms with Crippen LogP contribution >= 0.6 is 0 Å². The van der Waals surface area contributed by atoms with Gasteiger partial charge in [-0.2, -0.15) is 0 Å². The molecular formula is C5H10FNO3. The number of hydrogen-bond acceptors (Lipinski definition) is 3. The molecule has 0 saturated heterocycles. The Balaban J connectivity index is 3.56. The van der Waals surface area contributed by atoms with Crippen LogP contribution in [0.1, 0.15) is 6.42 Å². The summed E-state index contributed by atoms with van der Waals surface area (Å²) < 4.78 is 12.1. The average molecular weight is 151 g/mol. The lowest BCUT2D eigenvalue weighted by Crippen LogP contribution is -2.33. The topological polar surface area (TPSA) is 83.5 Å². The van der Waals surface area contributed by atoms with Gasteiger partial charge in [0.05, 0.1) is 6.61 Å². The average Bonchev–Trinajstić information content (AvgIpc) is 1.87. The first kappa shape index (κ1) is 9.32. The van der Waals surface area contributed by atoms with Crippen molar-refractivity contribution in [2.45, 2.75) is 18.6 Å². The molecule has 0 rings (SSSR count). The minimum absolute atomic E-state index is 0.341. The molecule has 0 aliphatic carbocycles. The fourth-order valence-corrected chi connectivity index (χ4v) is 0.451. The molecule has 0 radical (unpaired) electrons. The summed E-state index contributed by atoms with van der Waals surface area (Å²) in [6.07, 6.45) is -1.88. The molecule has 0 aromatic heterocycles. The van der Waals surface area contributed by atoms with Gasteiger partial charge in [0.1, 0.15) is 12.2 Å². The Morgan fingerprint density at radius 1 is 1.70 bits per heavy atom. The molecule has 0 heterocycles. The molecule has 5 heteroatoms. The maximum Gasteiger partial charge on any atom is 0.320 e. The smallest absolute Gasteiger partial charge is 0.320 e. The molecule has 10 heavy (non-hydrogen) atoms. The zero-order valence-corrected chi connectivity index (χ0v) is 5.33. The van der Waals surface area contributed by atoms with Gasteiger partial charge in [0.15, 0.2) is 0 Å². The molecule has 0 fully saturated rings. The minimum atomic E-state index is -1.54. The van der Waals surface area contributed by atoms with Crippen LogP contribution in [0.5, 0.6) is 0 Å². The highest BCUT2D eigenvalue weighted by atomic mass is 19.1. The molecule has 4 N–H and O–H groups in total. The van der Waals surface area contributed by atoms with Crippen molar-refractivity contribution in [1.82, 2.24) is 0 Å². The van der Waals surface area contributed by atoms with E-state index >= 15 is 0 Å². The van der Waals surface area contributed by atoms with Crippen LogP contribution in [-0.4, -0.2) is 35.0 Å². The first-order valence-electron chi connectivity index (χ1n) is 2.81. The van der Waals surface area contributed by atoms with Gasteiger partial charge in [0.25, 0.3) is 0 Å². The van der Waals surface area contributed by atoms with Crippen LogP contribution in [0.2, 0.25) is 0 Å². The Morgan fingerprint density at radius 3 is 2.50 bits per heavy atom. The molecule has 0 aliphatic heterocycles. The van der Waals surface area contributed by atoms with Crippen LogP contribution in [-0.2, 0) is 4.79 Å². The summed E-state index contributed by atoms with van der Waals surface area (Å²) in [6.45, 7) is -0.680. The van der Waals surface area contributed by atoms with Crippen LogP contribution in [0, 0.1) is 0 Å². The number of halogens is 1. The monoisotopic (exact) mass is 151 g/mol. The van der Waals surface area contributed by atoms with Gasteiger partial charge in [0.2, 0.25) is 0 Å². The van der Waals surface area contributed by atoms with E-state index in [9.17, 15) is 9.18 Å². The molecule has 0 saturated carbocycles. The molecule has 0 spiro atoms. The largest absolute Gasteiger partial charge is 0.480 e. The fraction of sp³-hybridized carbons (Fsp3) is 0.800. The van der Waals surface area contributed by atoms with E-state index in [-0.39, 0.29) is 6.42 Å². The zero-order valence-electron chi connectivity index (χ0n) is 5.33. The maximum absolute atomic E-state index is 12.1. The quantitative estimate of drug-likeness (QED) is 0.487. The lowest BCUT2D eigenvalue weighted by atomic mass is 10.1. The Labute approximate surface area is 57.5 Å². The summed E-state index contributed by atoms with van der Waals surface area (Å²) in [6, 6.07) is -1.22. The van der Waals surface area contributed by atoms with E-state index in [0.717, 1.165) is 0 Å². The van der Waals surface area contributed by atoms with Crippen molar-refractivity contribution in [3.05, 3.63) is 0 Å². The van der Waals surface area contributed by atoms with Gasteiger partial charge in [-0.1, -0.05) is 0 Å². The molecule has 60 valence electrons. The number of aliphatic hydroxyl groups excluding tert-OH is 1. The molecule has 0 aromatic carbocycles. The van der Waals surface area contributed by atoms with E-state index in [1.54, 1.807) is 0 Å². The van der Waals surface area contributed by atoms with Gasteiger partial charge in [-0.15, -0.1) is 0 Å². The number of aliphatic hydroxyl groups is 1. The summed E-state index contributed by atoms with van der Waals surface area (Å²) >= 11 is 0. The number of hydrogen-bond donors (Lipinski definition) is 3. The number of nitrogens with two attached hydrogens (primary N) is 1. The highest BCUT2D eigenvalue weighted by Gasteiger charge is 2.16. The van der Waals surface area contributed by atoms with Crippen molar-refractivity contribution in [2.75, 3.05) is 6.61 Å². The maximum atomic E-state index is 12.1. The predicted octanol–water partition coefficient (Wildman–Crippen LogP) is -0.881. The first-order valence-corrected chi connectivity index (χ1v) is 2.81. The number of carboxylic acid groups (broad SMARTS) is 1. The summed E-state index contributed by atoms with van der Waals surface area (Å²) in [4.78, 5) is 9.98.